The smallest absolute Gasteiger partial charge is 0.180 e. The SMILES string of the molecule is c1ccc([Si]2(c3cccc(N(c4ccc(-c5cccc6c5-c5ccccc5C65c6ccccc6-c6ccccc65)cc4)c4ccc5oc6ccccc6c5c4)c3)c3ccccc3-c3ccccc32)cc1. The minimum Gasteiger partial charge on any atom is -0.456 e. The number of nitrogens with zero attached hydrogens (tertiary/aromatic N) is 1. The van der Waals surface area contributed by atoms with Gasteiger partial charge in [0.05, 0.1) is 5.41 Å². The van der Waals surface area contributed by atoms with Gasteiger partial charge in [0.25, 0.3) is 0 Å². The molecule has 0 fully saturated rings. The molecule has 0 saturated carbocycles. The molecule has 2 heterocycles. The van der Waals surface area contributed by atoms with Crippen LogP contribution in [0.1, 0.15) is 22.3 Å². The molecule has 1 spiro atoms. The maximum Gasteiger partial charge on any atom is 0.180 e. The second-order valence-electron chi connectivity index (χ2n) is 19.0. The molecule has 2 nitrogen and oxygen atoms in total. The summed E-state index contributed by atoms with van der Waals surface area (Å²) in [6.45, 7) is 0. The van der Waals surface area contributed by atoms with Crippen LogP contribution in [0.3, 0.4) is 0 Å². The Balaban J connectivity index is 0.926. The predicted molar refractivity (Wildman–Crippen MR) is 293 cm³/mol. The van der Waals surface area contributed by atoms with Gasteiger partial charge < -0.3 is 9.32 Å². The van der Waals surface area contributed by atoms with E-state index in [1.807, 2.05) is 6.07 Å². The molecule has 3 aliphatic rings. The van der Waals surface area contributed by atoms with Gasteiger partial charge in [0.15, 0.2) is 8.07 Å². The minimum absolute atomic E-state index is 0.395. The van der Waals surface area contributed by atoms with Crippen LogP contribution in [0.25, 0.3) is 66.4 Å². The molecule has 0 unspecified atom stereocenters. The van der Waals surface area contributed by atoms with E-state index in [-0.39, 0.29) is 0 Å². The minimum atomic E-state index is -2.77. The van der Waals surface area contributed by atoms with Crippen molar-refractivity contribution in [3.05, 3.63) is 283 Å². The molecule has 0 radical (unpaired) electrons. The molecule has 0 atom stereocenters. The van der Waals surface area contributed by atoms with Gasteiger partial charge in [0.1, 0.15) is 11.2 Å². The van der Waals surface area contributed by atoms with Gasteiger partial charge in [-0.05, 0) is 136 Å². The maximum absolute atomic E-state index is 6.40. The zero-order chi connectivity index (χ0) is 46.0. The number of hydrogen-bond donors (Lipinski definition) is 0. The molecule has 0 saturated heterocycles. The molecule has 11 aromatic carbocycles. The van der Waals surface area contributed by atoms with Gasteiger partial charge in [0.2, 0.25) is 0 Å². The average Bonchev–Trinajstić information content (AvgIpc) is 4.15. The summed E-state index contributed by atoms with van der Waals surface area (Å²) in [4.78, 5) is 2.44. The third kappa shape index (κ3) is 5.22. The maximum atomic E-state index is 6.40. The number of benzene rings is 11. The number of fused-ring (bicyclic) bond motifs is 16. The molecule has 1 aliphatic heterocycles. The van der Waals surface area contributed by atoms with Gasteiger partial charge in [-0.3, -0.25) is 0 Å². The molecule has 1 aromatic heterocycles. The van der Waals surface area contributed by atoms with Crippen molar-refractivity contribution in [1.82, 2.24) is 0 Å². The second kappa shape index (κ2) is 14.9. The average molecular weight is 906 g/mol. The van der Waals surface area contributed by atoms with E-state index < -0.39 is 13.5 Å². The Kier molecular flexibility index (Phi) is 8.34. The summed E-state index contributed by atoms with van der Waals surface area (Å²) in [6.07, 6.45) is 0. The van der Waals surface area contributed by atoms with Gasteiger partial charge in [-0.2, -0.15) is 0 Å². The van der Waals surface area contributed by atoms with Crippen molar-refractivity contribution in [2.24, 2.45) is 0 Å². The van der Waals surface area contributed by atoms with E-state index in [2.05, 4.69) is 260 Å². The van der Waals surface area contributed by atoms with Crippen LogP contribution in [0.5, 0.6) is 0 Å². The predicted octanol–water partition coefficient (Wildman–Crippen LogP) is 14.4. The fourth-order valence-electron chi connectivity index (χ4n) is 13.1. The Morgan fingerprint density at radius 2 is 0.814 bits per heavy atom. The molecule has 0 amide bonds. The van der Waals surface area contributed by atoms with E-state index in [0.717, 1.165) is 39.0 Å². The standard InChI is InChI=1S/C67H43NOSi/c1-2-19-48(20-3-1)70(64-34-14-8-25-54(64)55-26-9-15-35-65(55)70)49-21-16-18-46(42-49)68(47-40-41-63-57(43-47)53-24-7-13-33-62(53)69-63)45-38-36-44(37-39-45)50-28-17-32-61-66(50)56-27-6-12-31-60(56)67(61)58-29-10-4-22-51(58)52-23-5-11-30-59(52)67/h1-43H. The number of furan rings is 1. The molecular weight excluding hydrogens is 863 g/mol. The van der Waals surface area contributed by atoms with Crippen molar-refractivity contribution >= 4 is 67.8 Å². The van der Waals surface area contributed by atoms with Gasteiger partial charge >= 0.3 is 0 Å². The number of para-hydroxylation sites is 1. The van der Waals surface area contributed by atoms with Crippen LogP contribution < -0.4 is 25.6 Å². The molecule has 3 heteroatoms. The number of anilines is 3. The third-order valence-corrected chi connectivity index (χ3v) is 20.6. The summed E-state index contributed by atoms with van der Waals surface area (Å²) in [5.74, 6) is 0. The summed E-state index contributed by atoms with van der Waals surface area (Å²) in [7, 11) is -2.77. The lowest BCUT2D eigenvalue weighted by Crippen LogP contribution is -2.72. The van der Waals surface area contributed by atoms with Gasteiger partial charge in [0, 0.05) is 27.8 Å². The van der Waals surface area contributed by atoms with Crippen LogP contribution in [0, 0.1) is 0 Å². The Morgan fingerprint density at radius 3 is 1.53 bits per heavy atom. The van der Waals surface area contributed by atoms with Crippen molar-refractivity contribution in [3.8, 4) is 44.5 Å². The van der Waals surface area contributed by atoms with Crippen molar-refractivity contribution in [2.45, 2.75) is 5.41 Å². The van der Waals surface area contributed by atoms with E-state index in [9.17, 15) is 0 Å². The fraction of sp³-hybridized carbons (Fsp3) is 0.0149. The lowest BCUT2D eigenvalue weighted by Gasteiger charge is -2.33. The molecule has 326 valence electrons. The van der Waals surface area contributed by atoms with Crippen LogP contribution in [0.2, 0.25) is 0 Å². The first-order chi connectivity index (χ1) is 34.7. The largest absolute Gasteiger partial charge is 0.456 e. The monoisotopic (exact) mass is 905 g/mol. The van der Waals surface area contributed by atoms with Gasteiger partial charge in [-0.15, -0.1) is 0 Å². The van der Waals surface area contributed by atoms with Crippen LogP contribution in [0.4, 0.5) is 17.1 Å². The first-order valence-corrected chi connectivity index (χ1v) is 26.3. The Morgan fingerprint density at radius 1 is 0.314 bits per heavy atom. The lowest BCUT2D eigenvalue weighted by atomic mass is 9.70. The molecule has 15 rings (SSSR count). The molecule has 2 aliphatic carbocycles. The Hall–Kier alpha value is -8.76. The lowest BCUT2D eigenvalue weighted by molar-refractivity contribution is 0.669. The van der Waals surface area contributed by atoms with E-state index in [0.29, 0.717) is 0 Å². The van der Waals surface area contributed by atoms with Crippen molar-refractivity contribution in [1.29, 1.82) is 0 Å². The summed E-state index contributed by atoms with van der Waals surface area (Å²) in [5, 5.41) is 7.82. The number of hydrogen-bond acceptors (Lipinski definition) is 2. The van der Waals surface area contributed by atoms with Crippen LogP contribution in [-0.2, 0) is 5.41 Å². The van der Waals surface area contributed by atoms with Gasteiger partial charge in [-0.25, -0.2) is 0 Å². The summed E-state index contributed by atoms with van der Waals surface area (Å²) >= 11 is 0. The van der Waals surface area contributed by atoms with E-state index in [4.69, 9.17) is 4.42 Å². The first-order valence-electron chi connectivity index (χ1n) is 24.3. The topological polar surface area (TPSA) is 16.4 Å². The van der Waals surface area contributed by atoms with Gasteiger partial charge in [-0.1, -0.05) is 212 Å². The normalized spacial score (nSPS) is 13.9. The van der Waals surface area contributed by atoms with E-state index in [1.54, 1.807) is 0 Å². The van der Waals surface area contributed by atoms with Crippen molar-refractivity contribution in [3.63, 3.8) is 0 Å². The summed E-state index contributed by atoms with van der Waals surface area (Å²) in [5.41, 5.74) is 20.4. The quantitative estimate of drug-likeness (QED) is 0.155. The highest BCUT2D eigenvalue weighted by molar-refractivity contribution is 7.22. The molecule has 0 N–H and O–H groups in total. The second-order valence-corrected chi connectivity index (χ2v) is 22.8. The highest BCUT2D eigenvalue weighted by atomic mass is 28.3. The summed E-state index contributed by atoms with van der Waals surface area (Å²) in [6, 6.07) is 97.5. The zero-order valence-corrected chi connectivity index (χ0v) is 39.2. The van der Waals surface area contributed by atoms with Crippen LogP contribution in [0.15, 0.2) is 265 Å². The molecule has 70 heavy (non-hydrogen) atoms. The van der Waals surface area contributed by atoms with Crippen LogP contribution >= 0.6 is 0 Å². The Labute approximate surface area is 408 Å². The third-order valence-electron chi connectivity index (χ3n) is 15.8. The Bertz CT molecular complexity index is 4000. The highest BCUT2D eigenvalue weighted by Gasteiger charge is 2.52. The van der Waals surface area contributed by atoms with Crippen molar-refractivity contribution in [2.75, 3.05) is 4.90 Å². The van der Waals surface area contributed by atoms with E-state index in [1.165, 1.54) is 87.5 Å². The number of rotatable bonds is 6. The van der Waals surface area contributed by atoms with Crippen LogP contribution in [-0.4, -0.2) is 8.07 Å². The van der Waals surface area contributed by atoms with E-state index >= 15 is 0 Å². The molecule has 12 aromatic rings. The fourth-order valence-corrected chi connectivity index (χ4v) is 18.3. The highest BCUT2D eigenvalue weighted by Crippen LogP contribution is 2.64. The first kappa shape index (κ1) is 39.3. The molecular formula is C67H43NOSi. The van der Waals surface area contributed by atoms with Crippen molar-refractivity contribution < 1.29 is 4.42 Å². The molecule has 0 bridgehead atoms. The zero-order valence-electron chi connectivity index (χ0n) is 38.2. The summed E-state index contributed by atoms with van der Waals surface area (Å²) < 4.78 is 6.40.